The Kier molecular flexibility index (Phi) is 5.98. The predicted octanol–water partition coefficient (Wildman–Crippen LogP) is 2.13. The topological polar surface area (TPSA) is 83.6 Å². The van der Waals surface area contributed by atoms with Crippen LogP contribution in [0.25, 0.3) is 0 Å². The maximum absolute atomic E-state index is 12.3. The van der Waals surface area contributed by atoms with Crippen LogP contribution in [0.3, 0.4) is 0 Å². The van der Waals surface area contributed by atoms with E-state index >= 15 is 0 Å². The van der Waals surface area contributed by atoms with Crippen LogP contribution in [0.4, 0.5) is 5.69 Å². The number of halogens is 1. The van der Waals surface area contributed by atoms with Gasteiger partial charge < -0.3 is 10.8 Å². The van der Waals surface area contributed by atoms with Crippen molar-refractivity contribution in [2.75, 3.05) is 11.4 Å². The lowest BCUT2D eigenvalue weighted by molar-refractivity contribution is -0.136. The monoisotopic (exact) mass is 298 g/mol. The molecule has 1 atom stereocenters. The third-order valence-corrected chi connectivity index (χ3v) is 2.96. The smallest absolute Gasteiger partial charge is 0.323 e. The molecule has 1 amide bonds. The summed E-state index contributed by atoms with van der Waals surface area (Å²) in [6.07, 6.45) is 0.496. The molecule has 0 aliphatic rings. The van der Waals surface area contributed by atoms with Crippen LogP contribution in [-0.4, -0.2) is 29.6 Å². The predicted molar refractivity (Wildman–Crippen MR) is 78.9 cm³/mol. The standard InChI is InChI=1S/C14H19ClN2O3/c1-9(2)6-12(16)14(20)17(8-13(18)19)11-5-3-4-10(15)7-11/h3-5,7,9,12H,6,8,16H2,1-2H3,(H,18,19). The lowest BCUT2D eigenvalue weighted by atomic mass is 10.0. The first-order valence-electron chi connectivity index (χ1n) is 6.35. The largest absolute Gasteiger partial charge is 0.480 e. The number of nitrogens with zero attached hydrogens (tertiary/aromatic N) is 1. The molecular formula is C14H19ClN2O3. The molecule has 0 fully saturated rings. The molecule has 6 heteroatoms. The van der Waals surface area contributed by atoms with Crippen molar-refractivity contribution in [3.05, 3.63) is 29.3 Å². The van der Waals surface area contributed by atoms with E-state index in [2.05, 4.69) is 0 Å². The van der Waals surface area contributed by atoms with Crippen molar-refractivity contribution in [1.29, 1.82) is 0 Å². The summed E-state index contributed by atoms with van der Waals surface area (Å²) in [5, 5.41) is 9.39. The molecule has 1 rings (SSSR count). The van der Waals surface area contributed by atoms with Crippen molar-refractivity contribution in [2.45, 2.75) is 26.3 Å². The Morgan fingerprint density at radius 3 is 2.55 bits per heavy atom. The number of amides is 1. The molecule has 110 valence electrons. The summed E-state index contributed by atoms with van der Waals surface area (Å²) in [6, 6.07) is 5.77. The molecule has 3 N–H and O–H groups in total. The van der Waals surface area contributed by atoms with Gasteiger partial charge in [0.05, 0.1) is 6.04 Å². The Hall–Kier alpha value is -1.59. The van der Waals surface area contributed by atoms with Crippen LogP contribution in [0, 0.1) is 5.92 Å². The van der Waals surface area contributed by atoms with E-state index in [1.807, 2.05) is 13.8 Å². The Bertz CT molecular complexity index is 491. The zero-order chi connectivity index (χ0) is 15.3. The minimum Gasteiger partial charge on any atom is -0.480 e. The maximum Gasteiger partial charge on any atom is 0.323 e. The van der Waals surface area contributed by atoms with E-state index in [4.69, 9.17) is 22.4 Å². The Balaban J connectivity index is 3.00. The van der Waals surface area contributed by atoms with Gasteiger partial charge in [0.1, 0.15) is 6.54 Å². The first kappa shape index (κ1) is 16.5. The van der Waals surface area contributed by atoms with E-state index in [1.165, 1.54) is 0 Å². The van der Waals surface area contributed by atoms with Gasteiger partial charge in [0.25, 0.3) is 0 Å². The highest BCUT2D eigenvalue weighted by atomic mass is 35.5. The van der Waals surface area contributed by atoms with Gasteiger partial charge in [0.15, 0.2) is 0 Å². The number of benzene rings is 1. The minimum absolute atomic E-state index is 0.250. The molecule has 0 bridgehead atoms. The fourth-order valence-electron chi connectivity index (χ4n) is 1.88. The molecule has 0 aliphatic carbocycles. The van der Waals surface area contributed by atoms with Gasteiger partial charge in [-0.15, -0.1) is 0 Å². The van der Waals surface area contributed by atoms with Crippen LogP contribution < -0.4 is 10.6 Å². The molecule has 0 heterocycles. The Labute approximate surface area is 123 Å². The van der Waals surface area contributed by atoms with Crippen molar-refractivity contribution in [1.82, 2.24) is 0 Å². The summed E-state index contributed by atoms with van der Waals surface area (Å²) >= 11 is 5.88. The van der Waals surface area contributed by atoms with Gasteiger partial charge in [-0.05, 0) is 30.5 Å². The fraction of sp³-hybridized carbons (Fsp3) is 0.429. The fourth-order valence-corrected chi connectivity index (χ4v) is 2.07. The third kappa shape index (κ3) is 4.83. The van der Waals surface area contributed by atoms with Crippen molar-refractivity contribution < 1.29 is 14.7 Å². The summed E-state index contributed by atoms with van der Waals surface area (Å²) in [4.78, 5) is 24.4. The number of hydrogen-bond acceptors (Lipinski definition) is 3. The highest BCUT2D eigenvalue weighted by Gasteiger charge is 2.25. The van der Waals surface area contributed by atoms with Crippen LogP contribution in [0.15, 0.2) is 24.3 Å². The van der Waals surface area contributed by atoms with Gasteiger partial charge in [-0.2, -0.15) is 0 Å². The molecule has 0 saturated carbocycles. The molecule has 20 heavy (non-hydrogen) atoms. The van der Waals surface area contributed by atoms with Crippen molar-refractivity contribution in [3.8, 4) is 0 Å². The van der Waals surface area contributed by atoms with E-state index in [0.29, 0.717) is 17.1 Å². The first-order chi connectivity index (χ1) is 9.31. The first-order valence-corrected chi connectivity index (χ1v) is 6.73. The molecule has 1 aromatic rings. The molecule has 1 aromatic carbocycles. The van der Waals surface area contributed by atoms with Gasteiger partial charge in [0.2, 0.25) is 5.91 Å². The van der Waals surface area contributed by atoms with Gasteiger partial charge >= 0.3 is 5.97 Å². The molecule has 0 saturated heterocycles. The van der Waals surface area contributed by atoms with Gasteiger partial charge in [-0.1, -0.05) is 31.5 Å². The highest BCUT2D eigenvalue weighted by molar-refractivity contribution is 6.31. The number of carbonyl (C=O) groups excluding carboxylic acids is 1. The summed E-state index contributed by atoms with van der Waals surface area (Å²) in [5.74, 6) is -1.27. The SMILES string of the molecule is CC(C)CC(N)C(=O)N(CC(=O)O)c1cccc(Cl)c1. The number of hydrogen-bond donors (Lipinski definition) is 2. The van der Waals surface area contributed by atoms with Gasteiger partial charge in [-0.25, -0.2) is 0 Å². The second-order valence-electron chi connectivity index (χ2n) is 5.03. The van der Waals surface area contributed by atoms with Crippen LogP contribution in [0.2, 0.25) is 5.02 Å². The highest BCUT2D eigenvalue weighted by Crippen LogP contribution is 2.20. The molecule has 0 aliphatic heterocycles. The van der Waals surface area contributed by atoms with Crippen molar-refractivity contribution in [3.63, 3.8) is 0 Å². The number of nitrogens with two attached hydrogens (primary N) is 1. The quantitative estimate of drug-likeness (QED) is 0.842. The third-order valence-electron chi connectivity index (χ3n) is 2.72. The van der Waals surface area contributed by atoms with Crippen LogP contribution in [0.1, 0.15) is 20.3 Å². The molecular weight excluding hydrogens is 280 g/mol. The summed E-state index contributed by atoms with van der Waals surface area (Å²) in [5.41, 5.74) is 6.29. The molecule has 0 spiro atoms. The molecule has 1 unspecified atom stereocenters. The summed E-state index contributed by atoms with van der Waals surface area (Å²) in [6.45, 7) is 3.47. The second-order valence-corrected chi connectivity index (χ2v) is 5.47. The van der Waals surface area contributed by atoms with Crippen LogP contribution >= 0.6 is 11.6 Å². The van der Waals surface area contributed by atoms with Gasteiger partial charge in [-0.3, -0.25) is 14.5 Å². The molecule has 5 nitrogen and oxygen atoms in total. The second kappa shape index (κ2) is 7.26. The average molecular weight is 299 g/mol. The van der Waals surface area contributed by atoms with E-state index in [0.717, 1.165) is 4.90 Å². The number of aliphatic carboxylic acids is 1. The minimum atomic E-state index is -1.10. The normalized spacial score (nSPS) is 12.2. The van der Waals surface area contributed by atoms with Crippen LogP contribution in [-0.2, 0) is 9.59 Å². The van der Waals surface area contributed by atoms with Gasteiger partial charge in [0, 0.05) is 10.7 Å². The van der Waals surface area contributed by atoms with Crippen molar-refractivity contribution in [2.24, 2.45) is 11.7 Å². The van der Waals surface area contributed by atoms with Crippen LogP contribution in [0.5, 0.6) is 0 Å². The number of carbonyl (C=O) groups is 2. The Morgan fingerprint density at radius 1 is 1.40 bits per heavy atom. The van der Waals surface area contributed by atoms with E-state index in [-0.39, 0.29) is 5.92 Å². The zero-order valence-electron chi connectivity index (χ0n) is 11.5. The van der Waals surface area contributed by atoms with E-state index in [9.17, 15) is 9.59 Å². The maximum atomic E-state index is 12.3. The number of rotatable bonds is 6. The number of carboxylic acid groups (broad SMARTS) is 1. The summed E-state index contributed by atoms with van der Waals surface area (Å²) < 4.78 is 0. The lowest BCUT2D eigenvalue weighted by Gasteiger charge is -2.25. The zero-order valence-corrected chi connectivity index (χ0v) is 12.3. The van der Waals surface area contributed by atoms with Crippen molar-refractivity contribution >= 4 is 29.2 Å². The molecule has 0 aromatic heterocycles. The van der Waals surface area contributed by atoms with E-state index in [1.54, 1.807) is 24.3 Å². The molecule has 0 radical (unpaired) electrons. The Morgan fingerprint density at radius 2 is 2.05 bits per heavy atom. The number of carboxylic acids is 1. The lowest BCUT2D eigenvalue weighted by Crippen LogP contribution is -2.46. The number of anilines is 1. The average Bonchev–Trinajstić information content (AvgIpc) is 2.34. The van der Waals surface area contributed by atoms with E-state index < -0.39 is 24.5 Å². The summed E-state index contributed by atoms with van der Waals surface area (Å²) in [7, 11) is 0.